The molecule has 0 aliphatic heterocycles. The van der Waals surface area contributed by atoms with Gasteiger partial charge in [0.25, 0.3) is 0 Å². The Kier molecular flexibility index (Phi) is 7.81. The van der Waals surface area contributed by atoms with E-state index in [1.54, 1.807) is 6.20 Å². The summed E-state index contributed by atoms with van der Waals surface area (Å²) in [5, 5.41) is 2.65. The van der Waals surface area contributed by atoms with E-state index in [1.165, 1.54) is 49.7 Å². The second-order valence-corrected chi connectivity index (χ2v) is 14.9. The zero-order chi connectivity index (χ0) is 36.9. The molecular weight excluding hydrogens is 667 g/mol. The van der Waals surface area contributed by atoms with Crippen LogP contribution >= 0.6 is 0 Å². The number of fused-ring (bicyclic) bond motifs is 5. The third-order valence-electron chi connectivity index (χ3n) is 11.2. The fourth-order valence-corrected chi connectivity index (χ4v) is 8.29. The van der Waals surface area contributed by atoms with Crippen molar-refractivity contribution in [3.63, 3.8) is 0 Å². The topological polar surface area (TPSA) is 38.7 Å². The molecule has 2 aromatic heterocycles. The van der Waals surface area contributed by atoms with Crippen LogP contribution in [0.25, 0.3) is 89.2 Å². The highest BCUT2D eigenvalue weighted by Gasteiger charge is 2.37. The highest BCUT2D eigenvalue weighted by molar-refractivity contribution is 5.98. The number of nitrogens with zero attached hydrogens (tertiary/aromatic N) is 3. The van der Waals surface area contributed by atoms with Crippen LogP contribution in [0.2, 0.25) is 0 Å². The van der Waals surface area contributed by atoms with Crippen LogP contribution in [0.1, 0.15) is 25.0 Å². The first-order valence-electron chi connectivity index (χ1n) is 18.8. The van der Waals surface area contributed by atoms with Gasteiger partial charge in [0.15, 0.2) is 5.82 Å². The Morgan fingerprint density at radius 1 is 0.400 bits per heavy atom. The predicted octanol–water partition coefficient (Wildman–Crippen LogP) is 13.3. The first kappa shape index (κ1) is 32.7. The van der Waals surface area contributed by atoms with Crippen LogP contribution in [0.4, 0.5) is 0 Å². The molecule has 0 atom stereocenters. The van der Waals surface area contributed by atoms with Crippen molar-refractivity contribution in [3.05, 3.63) is 199 Å². The van der Waals surface area contributed by atoms with E-state index >= 15 is 0 Å². The largest absolute Gasteiger partial charge is 0.264 e. The third-order valence-corrected chi connectivity index (χ3v) is 11.2. The molecule has 0 saturated carbocycles. The van der Waals surface area contributed by atoms with E-state index in [-0.39, 0.29) is 5.41 Å². The van der Waals surface area contributed by atoms with Crippen LogP contribution in [0, 0.1) is 0 Å². The fourth-order valence-electron chi connectivity index (χ4n) is 8.29. The number of benzene rings is 7. The Morgan fingerprint density at radius 3 is 1.56 bits per heavy atom. The van der Waals surface area contributed by atoms with Gasteiger partial charge in [0.05, 0.1) is 11.4 Å². The number of rotatable bonds is 6. The van der Waals surface area contributed by atoms with E-state index in [0.29, 0.717) is 5.82 Å². The van der Waals surface area contributed by atoms with Crippen molar-refractivity contribution < 1.29 is 0 Å². The molecule has 9 aromatic rings. The van der Waals surface area contributed by atoms with Gasteiger partial charge >= 0.3 is 0 Å². The minimum Gasteiger partial charge on any atom is -0.264 e. The van der Waals surface area contributed by atoms with Crippen LogP contribution in [-0.2, 0) is 5.41 Å². The lowest BCUT2D eigenvalue weighted by Gasteiger charge is -2.23. The van der Waals surface area contributed by atoms with Crippen molar-refractivity contribution in [1.82, 2.24) is 15.0 Å². The van der Waals surface area contributed by atoms with Crippen molar-refractivity contribution in [3.8, 4) is 78.4 Å². The van der Waals surface area contributed by atoms with Crippen molar-refractivity contribution in [1.29, 1.82) is 0 Å². The van der Waals surface area contributed by atoms with Crippen LogP contribution in [0.5, 0.6) is 0 Å². The lowest BCUT2D eigenvalue weighted by atomic mass is 9.79. The summed E-state index contributed by atoms with van der Waals surface area (Å²) in [4.78, 5) is 14.4. The molecule has 2 heterocycles. The molecule has 0 N–H and O–H groups in total. The maximum Gasteiger partial charge on any atom is 0.160 e. The van der Waals surface area contributed by atoms with Gasteiger partial charge in [0.2, 0.25) is 0 Å². The van der Waals surface area contributed by atoms with Gasteiger partial charge in [-0.1, -0.05) is 172 Å². The maximum absolute atomic E-state index is 5.06. The number of pyridine rings is 1. The number of hydrogen-bond donors (Lipinski definition) is 0. The van der Waals surface area contributed by atoms with Gasteiger partial charge < -0.3 is 0 Å². The summed E-state index contributed by atoms with van der Waals surface area (Å²) in [6.07, 6.45) is 3.68. The zero-order valence-electron chi connectivity index (χ0n) is 30.7. The van der Waals surface area contributed by atoms with Gasteiger partial charge in [-0.25, -0.2) is 9.97 Å². The van der Waals surface area contributed by atoms with E-state index in [4.69, 9.17) is 9.97 Å². The fraction of sp³-hybridized carbons (Fsp3) is 0.0577. The molecule has 10 rings (SSSR count). The van der Waals surface area contributed by atoms with E-state index < -0.39 is 0 Å². The van der Waals surface area contributed by atoms with Crippen LogP contribution in [0.3, 0.4) is 0 Å². The molecule has 260 valence electrons. The molecule has 7 aromatic carbocycles. The predicted molar refractivity (Wildman–Crippen MR) is 228 cm³/mol. The van der Waals surface area contributed by atoms with E-state index in [1.807, 2.05) is 30.5 Å². The second-order valence-electron chi connectivity index (χ2n) is 14.9. The second kappa shape index (κ2) is 13.2. The zero-order valence-corrected chi connectivity index (χ0v) is 30.7. The molecule has 3 heteroatoms. The van der Waals surface area contributed by atoms with Gasteiger partial charge in [-0.15, -0.1) is 0 Å². The Bertz CT molecular complexity index is 2840. The molecule has 3 nitrogen and oxygen atoms in total. The van der Waals surface area contributed by atoms with E-state index in [0.717, 1.165) is 44.8 Å². The minimum atomic E-state index is -0.0829. The lowest BCUT2D eigenvalue weighted by molar-refractivity contribution is 0.666. The summed E-state index contributed by atoms with van der Waals surface area (Å²) in [6.45, 7) is 4.74. The van der Waals surface area contributed by atoms with Crippen molar-refractivity contribution in [2.24, 2.45) is 0 Å². The molecule has 0 amide bonds. The smallest absolute Gasteiger partial charge is 0.160 e. The minimum absolute atomic E-state index is 0.0829. The Balaban J connectivity index is 0.938. The summed E-state index contributed by atoms with van der Waals surface area (Å²) in [5.41, 5.74) is 17.3. The molecule has 0 radical (unpaired) electrons. The average molecular weight is 704 g/mol. The average Bonchev–Trinajstić information content (AvgIpc) is 3.50. The van der Waals surface area contributed by atoms with Crippen LogP contribution < -0.4 is 0 Å². The summed E-state index contributed by atoms with van der Waals surface area (Å²) < 4.78 is 0. The molecule has 55 heavy (non-hydrogen) atoms. The normalized spacial score (nSPS) is 12.7. The Labute approximate surface area is 321 Å². The SMILES string of the molecule is CC1(C)c2cc(-c3ccc(-c4ccc(-c5cc(-c6ccc(-c7cccnc7)cc6)nc(-c6ccccc6)n5)cc4)cc3)ccc2-c2ccc3ccccc3c21. The van der Waals surface area contributed by atoms with Crippen molar-refractivity contribution in [2.45, 2.75) is 19.3 Å². The van der Waals surface area contributed by atoms with Crippen LogP contribution in [0.15, 0.2) is 188 Å². The molecule has 0 fully saturated rings. The molecular formula is C52H37N3. The van der Waals surface area contributed by atoms with Gasteiger partial charge in [0, 0.05) is 34.5 Å². The third kappa shape index (κ3) is 5.82. The standard InChI is InChI=1S/C52H37N3/c1-52(2)47-31-42(27-28-45(47)46-29-26-38-9-6-7-13-44(38)50(46)52)36-16-14-34(15-17-36)35-18-22-39(23-19-35)48-32-49(55-51(54-48)41-10-4-3-5-11-41)40-24-20-37(21-25-40)43-12-8-30-53-33-43/h3-33H,1-2H3. The van der Waals surface area contributed by atoms with E-state index in [2.05, 4.69) is 170 Å². The van der Waals surface area contributed by atoms with Gasteiger partial charge in [-0.3, -0.25) is 4.98 Å². The number of aromatic nitrogens is 3. The monoisotopic (exact) mass is 703 g/mol. The van der Waals surface area contributed by atoms with Crippen molar-refractivity contribution >= 4 is 10.8 Å². The Morgan fingerprint density at radius 2 is 0.927 bits per heavy atom. The van der Waals surface area contributed by atoms with Gasteiger partial charge in [0.1, 0.15) is 0 Å². The molecule has 0 bridgehead atoms. The highest BCUT2D eigenvalue weighted by atomic mass is 14.9. The van der Waals surface area contributed by atoms with E-state index in [9.17, 15) is 0 Å². The summed E-state index contributed by atoms with van der Waals surface area (Å²) >= 11 is 0. The maximum atomic E-state index is 5.06. The summed E-state index contributed by atoms with van der Waals surface area (Å²) in [5.74, 6) is 0.705. The van der Waals surface area contributed by atoms with Crippen molar-refractivity contribution in [2.75, 3.05) is 0 Å². The molecule has 0 spiro atoms. The first-order chi connectivity index (χ1) is 27.0. The Hall–Kier alpha value is -6.97. The number of hydrogen-bond acceptors (Lipinski definition) is 3. The molecule has 0 saturated heterocycles. The van der Waals surface area contributed by atoms with Gasteiger partial charge in [-0.2, -0.15) is 0 Å². The highest BCUT2D eigenvalue weighted by Crippen LogP contribution is 2.52. The molecule has 1 aliphatic rings. The molecule has 1 aliphatic carbocycles. The first-order valence-corrected chi connectivity index (χ1v) is 18.8. The molecule has 0 unspecified atom stereocenters. The quantitative estimate of drug-likeness (QED) is 0.173. The lowest BCUT2D eigenvalue weighted by Crippen LogP contribution is -2.15. The summed E-state index contributed by atoms with van der Waals surface area (Å²) in [6, 6.07) is 62.8. The van der Waals surface area contributed by atoms with Gasteiger partial charge in [-0.05, 0) is 84.6 Å². The summed E-state index contributed by atoms with van der Waals surface area (Å²) in [7, 11) is 0. The van der Waals surface area contributed by atoms with Crippen LogP contribution in [-0.4, -0.2) is 15.0 Å².